The zero-order valence-electron chi connectivity index (χ0n) is 53.9. The van der Waals surface area contributed by atoms with Gasteiger partial charge in [-0.2, -0.15) is 0 Å². The Kier molecular flexibility index (Phi) is 14.0. The average Bonchev–Trinajstić information content (AvgIpc) is 1.45. The monoisotopic (exact) mass is 1240 g/mol. The molecule has 452 valence electrons. The second kappa shape index (κ2) is 22.8. The highest BCUT2D eigenvalue weighted by atomic mass is 28.3. The van der Waals surface area contributed by atoms with Crippen LogP contribution in [-0.2, 0) is 5.41 Å². The maximum Gasteiger partial charge on any atom is 0.252 e. The Hall–Kier alpha value is -10.2. The zero-order valence-corrected chi connectivity index (χ0v) is 55.9. The quantitative estimate of drug-likeness (QED) is 0.0841. The molecule has 3 nitrogen and oxygen atoms in total. The summed E-state index contributed by atoms with van der Waals surface area (Å²) in [5.41, 5.74) is 20.0. The van der Waals surface area contributed by atoms with E-state index in [4.69, 9.17) is 0 Å². The van der Waals surface area contributed by atoms with Crippen LogP contribution < -0.4 is 72.6 Å². The van der Waals surface area contributed by atoms with Gasteiger partial charge in [0.05, 0.1) is 11.2 Å². The molecule has 2 atom stereocenters. The number of anilines is 8. The van der Waals surface area contributed by atoms with Gasteiger partial charge in [-0.3, -0.25) is 0 Å². The van der Waals surface area contributed by atoms with Crippen molar-refractivity contribution >= 4 is 126 Å². The minimum atomic E-state index is -2.89. The second-order valence-corrected chi connectivity index (χ2v) is 34.8. The first-order valence-corrected chi connectivity index (χ1v) is 37.7. The molecule has 1 fully saturated rings. The van der Waals surface area contributed by atoms with E-state index in [-0.39, 0.29) is 17.7 Å². The first kappa shape index (κ1) is 57.6. The Labute approximate surface area is 557 Å². The van der Waals surface area contributed by atoms with E-state index in [9.17, 15) is 0 Å². The van der Waals surface area contributed by atoms with Crippen molar-refractivity contribution in [3.63, 3.8) is 0 Å². The van der Waals surface area contributed by atoms with Crippen molar-refractivity contribution < 1.29 is 0 Å². The summed E-state index contributed by atoms with van der Waals surface area (Å²) in [4.78, 5) is 8.11. The first-order chi connectivity index (χ1) is 46.2. The standard InChI is InChI=1S/C88H74BN3Si2/c1-63-42-45-69(46-43-63)91-82-55-44-64(2)58-80(82)89-81-60-66(65-28-12-5-13-29-65)59-79-86(81)92(88(4)57-27-26-56-87(79,88)3)84-62-70(61-83(91)85(84)89)90(67-47-51-77(52-48-67)93(71-30-14-6-15-31-71,72-32-16-7-17-33-72)73-34-18-8-19-35-73)68-49-53-78(54-50-68)94(74-36-20-9-21-37-74,75-38-22-10-23-39-75)76-40-24-11-25-41-76/h5-25,28-55,58-62H,26-27,56-57H2,1-4H3. The number of benzene rings is 13. The average molecular weight is 1240 g/mol. The van der Waals surface area contributed by atoms with Crippen LogP contribution >= 0.6 is 0 Å². The van der Waals surface area contributed by atoms with Gasteiger partial charge in [0.2, 0.25) is 0 Å². The molecule has 0 radical (unpaired) electrons. The van der Waals surface area contributed by atoms with Crippen LogP contribution in [-0.4, -0.2) is 28.4 Å². The normalized spacial score (nSPS) is 16.8. The summed E-state index contributed by atoms with van der Waals surface area (Å²) in [6, 6.07) is 126. The summed E-state index contributed by atoms with van der Waals surface area (Å²) < 4.78 is 0. The number of aryl methyl sites for hydroxylation is 2. The molecule has 0 bridgehead atoms. The SMILES string of the molecule is Cc1ccc(N2c3ccc(C)cc3B3c4cc(-c5ccccc5)cc5c4N(c4cc(N(c6ccc([Si](c7ccccc7)(c7ccccc7)c7ccccc7)cc6)c6ccc([Si](c7ccccc7)(c7ccccc7)c7ccccc7)cc6)cc2c43)C2(C)CCCCC52C)cc1. The molecule has 0 aromatic heterocycles. The van der Waals surface area contributed by atoms with Crippen molar-refractivity contribution in [1.82, 2.24) is 0 Å². The zero-order chi connectivity index (χ0) is 63.2. The lowest BCUT2D eigenvalue weighted by Gasteiger charge is -2.53. The Balaban J connectivity index is 0.953. The van der Waals surface area contributed by atoms with E-state index in [1.54, 1.807) is 0 Å². The van der Waals surface area contributed by atoms with Gasteiger partial charge in [0, 0.05) is 45.2 Å². The lowest BCUT2D eigenvalue weighted by molar-refractivity contribution is 0.195. The molecule has 6 heteroatoms. The van der Waals surface area contributed by atoms with E-state index in [2.05, 4.69) is 370 Å². The van der Waals surface area contributed by atoms with Crippen LogP contribution in [0.3, 0.4) is 0 Å². The van der Waals surface area contributed by atoms with Crippen LogP contribution in [0.4, 0.5) is 45.5 Å². The highest BCUT2D eigenvalue weighted by Gasteiger charge is 2.62. The molecule has 0 saturated heterocycles. The van der Waals surface area contributed by atoms with Crippen molar-refractivity contribution in [2.24, 2.45) is 0 Å². The van der Waals surface area contributed by atoms with Gasteiger partial charge in [0.1, 0.15) is 0 Å². The van der Waals surface area contributed by atoms with E-state index < -0.39 is 16.1 Å². The molecule has 2 unspecified atom stereocenters. The predicted octanol–water partition coefficient (Wildman–Crippen LogP) is 14.5. The van der Waals surface area contributed by atoms with E-state index in [0.717, 1.165) is 35.6 Å². The van der Waals surface area contributed by atoms with Gasteiger partial charge in [0.25, 0.3) is 6.71 Å². The van der Waals surface area contributed by atoms with E-state index >= 15 is 0 Å². The summed E-state index contributed by atoms with van der Waals surface area (Å²) in [6.45, 7) is 9.70. The molecule has 13 aromatic rings. The molecular formula is C88H74BN3Si2. The minimum absolute atomic E-state index is 0.0252. The van der Waals surface area contributed by atoms with Gasteiger partial charge in [-0.1, -0.05) is 298 Å². The summed E-state index contributed by atoms with van der Waals surface area (Å²) >= 11 is 0. The Morgan fingerprint density at radius 3 is 1.23 bits per heavy atom. The predicted molar refractivity (Wildman–Crippen MR) is 405 cm³/mol. The van der Waals surface area contributed by atoms with Gasteiger partial charge < -0.3 is 14.7 Å². The maximum atomic E-state index is 2.90. The molecular weight excluding hydrogens is 1170 g/mol. The Morgan fingerprint density at radius 1 is 0.351 bits per heavy atom. The third-order valence-electron chi connectivity index (χ3n) is 22.2. The van der Waals surface area contributed by atoms with E-state index in [1.807, 2.05) is 0 Å². The highest BCUT2D eigenvalue weighted by Crippen LogP contribution is 2.63. The number of hydrogen-bond donors (Lipinski definition) is 0. The highest BCUT2D eigenvalue weighted by molar-refractivity contribution is 7.20. The molecule has 94 heavy (non-hydrogen) atoms. The number of fused-ring (bicyclic) bond motifs is 7. The van der Waals surface area contributed by atoms with Gasteiger partial charge in [0.15, 0.2) is 16.1 Å². The lowest BCUT2D eigenvalue weighted by atomic mass is 9.33. The van der Waals surface area contributed by atoms with Gasteiger partial charge in [-0.25, -0.2) is 0 Å². The fourth-order valence-corrected chi connectivity index (χ4v) is 27.1. The van der Waals surface area contributed by atoms with Crippen LogP contribution in [0.25, 0.3) is 11.1 Å². The third kappa shape index (κ3) is 8.76. The summed E-state index contributed by atoms with van der Waals surface area (Å²) in [5, 5.41) is 10.8. The van der Waals surface area contributed by atoms with E-state index in [1.165, 1.54) is 121 Å². The Bertz CT molecular complexity index is 4580. The molecule has 1 saturated carbocycles. The molecule has 1 aliphatic carbocycles. The number of rotatable bonds is 13. The second-order valence-electron chi connectivity index (χ2n) is 27.2. The van der Waals surface area contributed by atoms with Gasteiger partial charge in [-0.05, 0) is 169 Å². The molecule has 0 amide bonds. The number of hydrogen-bond acceptors (Lipinski definition) is 3. The molecule has 3 aliphatic heterocycles. The van der Waals surface area contributed by atoms with Gasteiger partial charge in [-0.15, -0.1) is 0 Å². The number of nitrogens with zero attached hydrogens (tertiary/aromatic N) is 3. The molecule has 13 aromatic carbocycles. The largest absolute Gasteiger partial charge is 0.335 e. The van der Waals surface area contributed by atoms with Gasteiger partial charge >= 0.3 is 0 Å². The minimum Gasteiger partial charge on any atom is -0.335 e. The van der Waals surface area contributed by atoms with Crippen LogP contribution in [0.2, 0.25) is 0 Å². The summed E-state index contributed by atoms with van der Waals surface area (Å²) in [7, 11) is -5.78. The molecule has 0 spiro atoms. The van der Waals surface area contributed by atoms with Crippen molar-refractivity contribution in [3.05, 3.63) is 344 Å². The molecule has 0 N–H and O–H groups in total. The topological polar surface area (TPSA) is 9.72 Å². The third-order valence-corrected chi connectivity index (χ3v) is 31.8. The van der Waals surface area contributed by atoms with Crippen molar-refractivity contribution in [2.45, 2.75) is 64.3 Å². The molecule has 17 rings (SSSR count). The van der Waals surface area contributed by atoms with Crippen molar-refractivity contribution in [3.8, 4) is 11.1 Å². The first-order valence-electron chi connectivity index (χ1n) is 33.7. The van der Waals surface area contributed by atoms with Crippen molar-refractivity contribution in [1.29, 1.82) is 0 Å². The van der Waals surface area contributed by atoms with Crippen molar-refractivity contribution in [2.75, 3.05) is 14.7 Å². The van der Waals surface area contributed by atoms with E-state index in [0.29, 0.717) is 0 Å². The van der Waals surface area contributed by atoms with Crippen LogP contribution in [0.1, 0.15) is 56.2 Å². The van der Waals surface area contributed by atoms with Crippen LogP contribution in [0, 0.1) is 13.8 Å². The summed E-state index contributed by atoms with van der Waals surface area (Å²) in [6.07, 6.45) is 4.62. The fourth-order valence-electron chi connectivity index (χ4n) is 17.6. The molecule has 3 heterocycles. The smallest absolute Gasteiger partial charge is 0.252 e. The maximum absolute atomic E-state index is 2.90. The molecule has 4 aliphatic rings. The Morgan fingerprint density at radius 2 is 0.766 bits per heavy atom. The lowest BCUT2D eigenvalue weighted by Crippen LogP contribution is -2.74. The fraction of sp³-hybridized carbons (Fsp3) is 0.114. The van der Waals surface area contributed by atoms with Crippen LogP contribution in [0.5, 0.6) is 0 Å². The van der Waals surface area contributed by atoms with Crippen LogP contribution in [0.15, 0.2) is 328 Å². The summed E-state index contributed by atoms with van der Waals surface area (Å²) in [5.74, 6) is 0.